The second kappa shape index (κ2) is 4.61. The Morgan fingerprint density at radius 2 is 2.05 bits per heavy atom. The van der Waals surface area contributed by atoms with Crippen LogP contribution >= 0.6 is 0 Å². The number of aromatic nitrogens is 2. The van der Waals surface area contributed by atoms with Crippen LogP contribution < -0.4 is 5.73 Å². The van der Waals surface area contributed by atoms with Gasteiger partial charge in [0.15, 0.2) is 0 Å². The smallest absolute Gasteiger partial charge is 0.282 e. The van der Waals surface area contributed by atoms with Gasteiger partial charge in [-0.3, -0.25) is 9.67 Å². The summed E-state index contributed by atoms with van der Waals surface area (Å²) in [6, 6.07) is 7.42. The summed E-state index contributed by atoms with van der Waals surface area (Å²) < 4.78 is 40.8. The number of rotatable bonds is 2. The molecule has 0 radical (unpaired) electrons. The SMILES string of the molecule is CC1(c2ccccc2F)Cn2nc(C(F)F)cc2C(N)=N1. The molecule has 4 nitrogen and oxygen atoms in total. The normalized spacial score (nSPS) is 21.3. The molecule has 0 saturated heterocycles. The predicted octanol–water partition coefficient (Wildman–Crippen LogP) is 2.59. The molecule has 0 spiro atoms. The molecule has 1 atom stereocenters. The van der Waals surface area contributed by atoms with Crippen molar-refractivity contribution in [3.8, 4) is 0 Å². The number of aliphatic imine (C=N–C) groups is 1. The first-order valence-corrected chi connectivity index (χ1v) is 6.37. The minimum absolute atomic E-state index is 0.0754. The number of nitrogens with two attached hydrogens (primary N) is 1. The zero-order chi connectivity index (χ0) is 15.2. The average molecular weight is 294 g/mol. The molecule has 1 unspecified atom stereocenters. The largest absolute Gasteiger partial charge is 0.382 e. The highest BCUT2D eigenvalue weighted by Crippen LogP contribution is 2.33. The molecule has 7 heteroatoms. The van der Waals surface area contributed by atoms with Crippen molar-refractivity contribution in [2.24, 2.45) is 10.7 Å². The first-order valence-electron chi connectivity index (χ1n) is 6.37. The fraction of sp³-hybridized carbons (Fsp3) is 0.286. The van der Waals surface area contributed by atoms with Crippen molar-refractivity contribution >= 4 is 5.84 Å². The Hall–Kier alpha value is -2.31. The molecule has 2 N–H and O–H groups in total. The highest BCUT2D eigenvalue weighted by atomic mass is 19.3. The van der Waals surface area contributed by atoms with E-state index < -0.39 is 17.8 Å². The number of fused-ring (bicyclic) bond motifs is 1. The van der Waals surface area contributed by atoms with Crippen LogP contribution in [0.25, 0.3) is 0 Å². The van der Waals surface area contributed by atoms with Crippen molar-refractivity contribution in [2.75, 3.05) is 0 Å². The van der Waals surface area contributed by atoms with E-state index in [1.807, 2.05) is 0 Å². The van der Waals surface area contributed by atoms with Gasteiger partial charge in [-0.2, -0.15) is 5.10 Å². The number of amidine groups is 1. The lowest BCUT2D eigenvalue weighted by atomic mass is 9.91. The van der Waals surface area contributed by atoms with E-state index in [1.54, 1.807) is 25.1 Å². The van der Waals surface area contributed by atoms with Crippen LogP contribution in [0.2, 0.25) is 0 Å². The van der Waals surface area contributed by atoms with Gasteiger partial charge in [-0.05, 0) is 19.1 Å². The standard InChI is InChI=1S/C14H13F3N4/c1-14(8-4-2-3-5-9(8)15)7-21-11(13(18)19-14)6-10(20-21)12(16)17/h2-6,12H,7H2,1H3,(H2,18,19). The fourth-order valence-electron chi connectivity index (χ4n) is 2.56. The first-order chi connectivity index (χ1) is 9.90. The van der Waals surface area contributed by atoms with Gasteiger partial charge >= 0.3 is 0 Å². The Labute approximate surface area is 119 Å². The minimum Gasteiger partial charge on any atom is -0.382 e. The summed E-state index contributed by atoms with van der Waals surface area (Å²) in [5.74, 6) is -0.340. The summed E-state index contributed by atoms with van der Waals surface area (Å²) in [5.41, 5.74) is 5.19. The molecule has 0 amide bonds. The summed E-state index contributed by atoms with van der Waals surface area (Å²) >= 11 is 0. The van der Waals surface area contributed by atoms with E-state index in [4.69, 9.17) is 5.73 Å². The molecule has 0 aliphatic carbocycles. The van der Waals surface area contributed by atoms with Crippen LogP contribution in [0, 0.1) is 5.82 Å². The van der Waals surface area contributed by atoms with E-state index in [9.17, 15) is 13.2 Å². The lowest BCUT2D eigenvalue weighted by Gasteiger charge is -2.31. The lowest BCUT2D eigenvalue weighted by Crippen LogP contribution is -2.37. The van der Waals surface area contributed by atoms with Gasteiger partial charge < -0.3 is 5.73 Å². The number of hydrogen-bond donors (Lipinski definition) is 1. The number of nitrogens with zero attached hydrogens (tertiary/aromatic N) is 3. The van der Waals surface area contributed by atoms with E-state index in [0.717, 1.165) is 0 Å². The van der Waals surface area contributed by atoms with Crippen molar-refractivity contribution in [3.63, 3.8) is 0 Å². The van der Waals surface area contributed by atoms with Gasteiger partial charge in [0.05, 0.1) is 6.54 Å². The summed E-state index contributed by atoms with van der Waals surface area (Å²) in [4.78, 5) is 4.31. The molecule has 0 fully saturated rings. The Bertz CT molecular complexity index is 723. The van der Waals surface area contributed by atoms with E-state index in [2.05, 4.69) is 10.1 Å². The molecule has 2 aromatic rings. The second-order valence-electron chi connectivity index (χ2n) is 5.16. The van der Waals surface area contributed by atoms with E-state index in [1.165, 1.54) is 16.8 Å². The molecule has 1 aliphatic rings. The maximum absolute atomic E-state index is 14.0. The second-order valence-corrected chi connectivity index (χ2v) is 5.16. The van der Waals surface area contributed by atoms with Gasteiger partial charge in [0.25, 0.3) is 6.43 Å². The van der Waals surface area contributed by atoms with E-state index >= 15 is 0 Å². The quantitative estimate of drug-likeness (QED) is 0.925. The fourth-order valence-corrected chi connectivity index (χ4v) is 2.56. The van der Waals surface area contributed by atoms with Crippen LogP contribution in [-0.2, 0) is 12.1 Å². The molecule has 1 aliphatic heterocycles. The lowest BCUT2D eigenvalue weighted by molar-refractivity contribution is 0.144. The van der Waals surface area contributed by atoms with Crippen LogP contribution in [0.15, 0.2) is 35.3 Å². The van der Waals surface area contributed by atoms with Crippen molar-refractivity contribution in [2.45, 2.75) is 25.4 Å². The Morgan fingerprint density at radius 3 is 2.71 bits per heavy atom. The molecule has 1 aromatic carbocycles. The number of benzene rings is 1. The summed E-state index contributed by atoms with van der Waals surface area (Å²) in [6.45, 7) is 1.85. The van der Waals surface area contributed by atoms with E-state index in [-0.39, 0.29) is 18.1 Å². The molecular formula is C14H13F3N4. The number of halogens is 3. The van der Waals surface area contributed by atoms with Crippen molar-refractivity contribution in [1.82, 2.24) is 9.78 Å². The molecule has 0 saturated carbocycles. The predicted molar refractivity (Wildman–Crippen MR) is 71.7 cm³/mol. The van der Waals surface area contributed by atoms with Gasteiger partial charge in [0.2, 0.25) is 0 Å². The maximum atomic E-state index is 14.0. The summed E-state index contributed by atoms with van der Waals surface area (Å²) in [7, 11) is 0. The van der Waals surface area contributed by atoms with Gasteiger partial charge in [0, 0.05) is 5.56 Å². The van der Waals surface area contributed by atoms with E-state index in [0.29, 0.717) is 11.3 Å². The van der Waals surface area contributed by atoms with Gasteiger partial charge in [0.1, 0.15) is 28.6 Å². The molecule has 21 heavy (non-hydrogen) atoms. The van der Waals surface area contributed by atoms with Crippen molar-refractivity contribution < 1.29 is 13.2 Å². The van der Waals surface area contributed by atoms with Crippen LogP contribution in [-0.4, -0.2) is 15.6 Å². The summed E-state index contributed by atoms with van der Waals surface area (Å²) in [6.07, 6.45) is -2.68. The summed E-state index contributed by atoms with van der Waals surface area (Å²) in [5, 5.41) is 3.83. The molecular weight excluding hydrogens is 281 g/mol. The Morgan fingerprint density at radius 1 is 1.33 bits per heavy atom. The molecule has 0 bridgehead atoms. The maximum Gasteiger partial charge on any atom is 0.282 e. The van der Waals surface area contributed by atoms with Crippen molar-refractivity contribution in [3.05, 3.63) is 53.1 Å². The zero-order valence-electron chi connectivity index (χ0n) is 11.2. The third kappa shape index (κ3) is 2.18. The Balaban J connectivity index is 2.08. The van der Waals surface area contributed by atoms with Crippen LogP contribution in [0.4, 0.5) is 13.2 Å². The third-order valence-corrected chi connectivity index (χ3v) is 3.56. The highest BCUT2D eigenvalue weighted by Gasteiger charge is 2.35. The Kier molecular flexibility index (Phi) is 3.00. The van der Waals surface area contributed by atoms with Crippen LogP contribution in [0.5, 0.6) is 0 Å². The molecule has 2 heterocycles. The molecule has 1 aromatic heterocycles. The zero-order valence-corrected chi connectivity index (χ0v) is 11.2. The van der Waals surface area contributed by atoms with Gasteiger partial charge in [-0.1, -0.05) is 18.2 Å². The number of alkyl halides is 2. The number of hydrogen-bond acceptors (Lipinski definition) is 3. The van der Waals surface area contributed by atoms with Crippen molar-refractivity contribution in [1.29, 1.82) is 0 Å². The molecule has 3 rings (SSSR count). The van der Waals surface area contributed by atoms with Gasteiger partial charge in [-0.25, -0.2) is 13.2 Å². The third-order valence-electron chi connectivity index (χ3n) is 3.56. The minimum atomic E-state index is -2.68. The molecule has 110 valence electrons. The first kappa shape index (κ1) is 13.7. The van der Waals surface area contributed by atoms with Crippen LogP contribution in [0.3, 0.4) is 0 Å². The van der Waals surface area contributed by atoms with Crippen LogP contribution in [0.1, 0.15) is 30.3 Å². The topological polar surface area (TPSA) is 56.2 Å². The van der Waals surface area contributed by atoms with Gasteiger partial charge in [-0.15, -0.1) is 0 Å². The monoisotopic (exact) mass is 294 g/mol. The average Bonchev–Trinajstić information content (AvgIpc) is 2.83. The highest BCUT2D eigenvalue weighted by molar-refractivity contribution is 5.97.